The van der Waals surface area contributed by atoms with Crippen molar-refractivity contribution in [1.29, 1.82) is 0 Å². The highest BCUT2D eigenvalue weighted by atomic mass is 16.5. The molecule has 28 heavy (non-hydrogen) atoms. The molecule has 0 unspecified atom stereocenters. The molecule has 0 aliphatic carbocycles. The van der Waals surface area contributed by atoms with Crippen LogP contribution in [0.15, 0.2) is 30.7 Å². The molecule has 1 atom stereocenters. The van der Waals surface area contributed by atoms with Gasteiger partial charge in [-0.05, 0) is 45.7 Å². The molecule has 0 N–H and O–H groups in total. The van der Waals surface area contributed by atoms with Crippen LogP contribution in [-0.2, 0) is 6.54 Å². The molecule has 4 heterocycles. The largest absolute Gasteiger partial charge is 0.491 e. The number of anilines is 1. The van der Waals surface area contributed by atoms with Gasteiger partial charge in [0.15, 0.2) is 5.82 Å². The molecule has 5 rings (SSSR count). The van der Waals surface area contributed by atoms with Crippen molar-refractivity contribution in [3.8, 4) is 28.7 Å². The maximum atomic E-state index is 6.10. The highest BCUT2D eigenvalue weighted by Gasteiger charge is 2.25. The van der Waals surface area contributed by atoms with Gasteiger partial charge in [-0.2, -0.15) is 5.10 Å². The maximum absolute atomic E-state index is 6.10. The van der Waals surface area contributed by atoms with Gasteiger partial charge in [0, 0.05) is 36.6 Å². The van der Waals surface area contributed by atoms with Crippen LogP contribution in [-0.4, -0.2) is 43.5 Å². The van der Waals surface area contributed by atoms with Crippen LogP contribution in [0.4, 0.5) is 5.69 Å². The second-order valence-corrected chi connectivity index (χ2v) is 7.98. The van der Waals surface area contributed by atoms with E-state index in [-0.39, 0.29) is 6.04 Å². The molecule has 146 valence electrons. The van der Waals surface area contributed by atoms with Gasteiger partial charge in [0.25, 0.3) is 0 Å². The van der Waals surface area contributed by atoms with E-state index in [0.29, 0.717) is 12.6 Å². The van der Waals surface area contributed by atoms with Crippen molar-refractivity contribution >= 4 is 5.69 Å². The first kappa shape index (κ1) is 17.3. The summed E-state index contributed by atoms with van der Waals surface area (Å²) in [4.78, 5) is 11.8. The van der Waals surface area contributed by atoms with Gasteiger partial charge in [-0.3, -0.25) is 0 Å². The Hall–Kier alpha value is -2.83. The number of hydrogen-bond acceptors (Lipinski definition) is 5. The highest BCUT2D eigenvalue weighted by molar-refractivity contribution is 5.72. The molecular weight excluding hydrogens is 352 g/mol. The Morgan fingerprint density at radius 3 is 2.86 bits per heavy atom. The summed E-state index contributed by atoms with van der Waals surface area (Å²) in [5.41, 5.74) is 3.13. The van der Waals surface area contributed by atoms with Crippen LogP contribution in [0.3, 0.4) is 0 Å². The van der Waals surface area contributed by atoms with Crippen molar-refractivity contribution in [2.24, 2.45) is 0 Å². The van der Waals surface area contributed by atoms with E-state index in [2.05, 4.69) is 64.7 Å². The number of imidazole rings is 1. The van der Waals surface area contributed by atoms with E-state index >= 15 is 0 Å². The fraction of sp³-hybridized carbons (Fsp3) is 0.476. The van der Waals surface area contributed by atoms with Crippen LogP contribution in [0.5, 0.6) is 5.75 Å². The Morgan fingerprint density at radius 2 is 2.07 bits per heavy atom. The van der Waals surface area contributed by atoms with E-state index in [1.165, 1.54) is 18.5 Å². The lowest BCUT2D eigenvalue weighted by Crippen LogP contribution is -2.26. The molecule has 7 nitrogen and oxygen atoms in total. The number of aromatic nitrogens is 5. The van der Waals surface area contributed by atoms with Gasteiger partial charge in [0.2, 0.25) is 0 Å². The average molecular weight is 378 g/mol. The molecule has 7 heteroatoms. The van der Waals surface area contributed by atoms with Gasteiger partial charge in [0.05, 0.1) is 12.1 Å². The molecule has 0 saturated carbocycles. The van der Waals surface area contributed by atoms with E-state index in [4.69, 9.17) is 9.72 Å². The molecule has 2 aliphatic rings. The highest BCUT2D eigenvalue weighted by Crippen LogP contribution is 2.38. The zero-order chi connectivity index (χ0) is 19.3. The van der Waals surface area contributed by atoms with Crippen LogP contribution in [0.25, 0.3) is 22.9 Å². The average Bonchev–Trinajstić information content (AvgIpc) is 3.39. The van der Waals surface area contributed by atoms with Crippen molar-refractivity contribution in [2.45, 2.75) is 52.2 Å². The van der Waals surface area contributed by atoms with Gasteiger partial charge in [0.1, 0.15) is 30.2 Å². The van der Waals surface area contributed by atoms with E-state index in [0.717, 1.165) is 41.7 Å². The van der Waals surface area contributed by atoms with Crippen LogP contribution in [0.1, 0.15) is 39.7 Å². The number of benzene rings is 1. The lowest BCUT2D eigenvalue weighted by molar-refractivity contribution is 0.306. The molecule has 1 fully saturated rings. The Kier molecular flexibility index (Phi) is 4.10. The third-order valence-electron chi connectivity index (χ3n) is 5.75. The molecule has 0 radical (unpaired) electrons. The first-order valence-corrected chi connectivity index (χ1v) is 10.1. The van der Waals surface area contributed by atoms with Crippen LogP contribution in [0, 0.1) is 0 Å². The van der Waals surface area contributed by atoms with Crippen LogP contribution < -0.4 is 9.64 Å². The molecule has 0 spiro atoms. The molecule has 0 bridgehead atoms. The van der Waals surface area contributed by atoms with E-state index in [1.54, 1.807) is 6.33 Å². The van der Waals surface area contributed by atoms with Crippen molar-refractivity contribution in [1.82, 2.24) is 24.3 Å². The van der Waals surface area contributed by atoms with Crippen LogP contribution >= 0.6 is 0 Å². The third-order valence-corrected chi connectivity index (χ3v) is 5.75. The Morgan fingerprint density at radius 1 is 1.18 bits per heavy atom. The van der Waals surface area contributed by atoms with Gasteiger partial charge < -0.3 is 14.2 Å². The molecular formula is C21H26N6O. The maximum Gasteiger partial charge on any atom is 0.178 e. The van der Waals surface area contributed by atoms with Crippen molar-refractivity contribution < 1.29 is 4.74 Å². The SMILES string of the molecule is CC(C)n1ncnc1-c1cn2c(n1)-c1ccc(N3CCC[C@H]3C)cc1OCC2. The Bertz CT molecular complexity index is 1000. The van der Waals surface area contributed by atoms with Gasteiger partial charge in [-0.15, -0.1) is 0 Å². The Balaban J connectivity index is 1.56. The minimum Gasteiger partial charge on any atom is -0.491 e. The number of fused-ring (bicyclic) bond motifs is 3. The third kappa shape index (κ3) is 2.77. The molecule has 0 amide bonds. The topological polar surface area (TPSA) is 61.0 Å². The lowest BCUT2D eigenvalue weighted by Gasteiger charge is -2.24. The van der Waals surface area contributed by atoms with Gasteiger partial charge in [-0.1, -0.05) is 0 Å². The second kappa shape index (κ2) is 6.65. The lowest BCUT2D eigenvalue weighted by atomic mass is 10.1. The number of rotatable bonds is 3. The smallest absolute Gasteiger partial charge is 0.178 e. The fourth-order valence-electron chi connectivity index (χ4n) is 4.29. The van der Waals surface area contributed by atoms with Crippen molar-refractivity contribution in [2.75, 3.05) is 18.1 Å². The fourth-order valence-corrected chi connectivity index (χ4v) is 4.29. The summed E-state index contributed by atoms with van der Waals surface area (Å²) < 4.78 is 10.2. The van der Waals surface area contributed by atoms with Crippen molar-refractivity contribution in [3.05, 3.63) is 30.7 Å². The second-order valence-electron chi connectivity index (χ2n) is 7.98. The minimum absolute atomic E-state index is 0.236. The normalized spacial score (nSPS) is 18.7. The van der Waals surface area contributed by atoms with Crippen LogP contribution in [0.2, 0.25) is 0 Å². The zero-order valence-electron chi connectivity index (χ0n) is 16.7. The summed E-state index contributed by atoms with van der Waals surface area (Å²) in [6.07, 6.45) is 6.17. The summed E-state index contributed by atoms with van der Waals surface area (Å²) in [5, 5.41) is 4.35. The number of hydrogen-bond donors (Lipinski definition) is 0. The van der Waals surface area contributed by atoms with E-state index in [1.807, 2.05) is 4.68 Å². The predicted octanol–water partition coefficient (Wildman–Crippen LogP) is 3.77. The molecule has 1 aromatic carbocycles. The summed E-state index contributed by atoms with van der Waals surface area (Å²) in [7, 11) is 0. The van der Waals surface area contributed by atoms with Gasteiger partial charge >= 0.3 is 0 Å². The quantitative estimate of drug-likeness (QED) is 0.694. The van der Waals surface area contributed by atoms with Gasteiger partial charge in [-0.25, -0.2) is 14.6 Å². The standard InChI is InChI=1S/C21H26N6O/c1-14(2)27-21(22-13-23-27)18-12-25-9-10-28-19-11-16(26-8-4-5-15(26)3)6-7-17(19)20(25)24-18/h6-7,11-15H,4-5,8-10H2,1-3H3/t15-/m1/s1. The van der Waals surface area contributed by atoms with E-state index in [9.17, 15) is 0 Å². The summed E-state index contributed by atoms with van der Waals surface area (Å²) in [6, 6.07) is 7.35. The number of ether oxygens (including phenoxy) is 1. The molecule has 2 aliphatic heterocycles. The minimum atomic E-state index is 0.236. The predicted molar refractivity (Wildman–Crippen MR) is 109 cm³/mol. The first-order valence-electron chi connectivity index (χ1n) is 10.1. The molecule has 2 aromatic heterocycles. The molecule has 3 aromatic rings. The zero-order valence-corrected chi connectivity index (χ0v) is 16.7. The summed E-state index contributed by atoms with van der Waals surface area (Å²) >= 11 is 0. The van der Waals surface area contributed by atoms with E-state index < -0.39 is 0 Å². The monoisotopic (exact) mass is 378 g/mol. The summed E-state index contributed by atoms with van der Waals surface area (Å²) in [6.45, 7) is 9.01. The number of nitrogens with zero attached hydrogens (tertiary/aromatic N) is 6. The van der Waals surface area contributed by atoms with Crippen molar-refractivity contribution in [3.63, 3.8) is 0 Å². The summed E-state index contributed by atoms with van der Waals surface area (Å²) in [5.74, 6) is 2.65. The Labute approximate surface area is 165 Å². The first-order chi connectivity index (χ1) is 13.6. The molecule has 1 saturated heterocycles.